The normalized spacial score (nSPS) is 15.7. The van der Waals surface area contributed by atoms with Crippen LogP contribution in [0.25, 0.3) is 16.6 Å². The number of aromatic amines is 2. The van der Waals surface area contributed by atoms with E-state index < -0.39 is 23.2 Å². The quantitative estimate of drug-likeness (QED) is 0.382. The summed E-state index contributed by atoms with van der Waals surface area (Å²) < 4.78 is 6.41. The second-order valence-electron chi connectivity index (χ2n) is 7.83. The van der Waals surface area contributed by atoms with Crippen LogP contribution < -0.4 is 21.3 Å². The van der Waals surface area contributed by atoms with Gasteiger partial charge in [0.2, 0.25) is 5.88 Å². The topological polar surface area (TPSA) is 112 Å². The number of nitrogens with zero attached hydrogens (tertiary/aromatic N) is 1. The molecule has 9 heteroatoms. The van der Waals surface area contributed by atoms with Crippen LogP contribution in [0.2, 0.25) is 5.02 Å². The van der Waals surface area contributed by atoms with Gasteiger partial charge in [-0.2, -0.15) is 0 Å². The number of H-pyrrole nitrogens is 2. The number of ether oxygens (including phenoxy) is 1. The highest BCUT2D eigenvalue weighted by Gasteiger charge is 2.31. The van der Waals surface area contributed by atoms with E-state index in [9.17, 15) is 14.7 Å². The minimum Gasteiger partial charge on any atom is -0.497 e. The van der Waals surface area contributed by atoms with Crippen LogP contribution in [0.3, 0.4) is 0 Å². The van der Waals surface area contributed by atoms with Gasteiger partial charge in [-0.25, -0.2) is 9.36 Å². The van der Waals surface area contributed by atoms with Crippen molar-refractivity contribution in [2.24, 2.45) is 0 Å². The Morgan fingerprint density at radius 3 is 2.72 bits per heavy atom. The molecule has 0 bridgehead atoms. The first-order chi connectivity index (χ1) is 15.4. The van der Waals surface area contributed by atoms with Crippen LogP contribution >= 0.6 is 11.6 Å². The molecule has 0 saturated carbocycles. The van der Waals surface area contributed by atoms with Gasteiger partial charge in [0.05, 0.1) is 18.8 Å². The van der Waals surface area contributed by atoms with Crippen molar-refractivity contribution in [2.45, 2.75) is 19.4 Å². The molecule has 1 atom stereocenters. The highest BCUT2D eigenvalue weighted by molar-refractivity contribution is 6.31. The van der Waals surface area contributed by atoms with Crippen LogP contribution in [0.5, 0.6) is 11.6 Å². The van der Waals surface area contributed by atoms with E-state index in [4.69, 9.17) is 16.3 Å². The maximum atomic E-state index is 12.9. The third-order valence-electron chi connectivity index (χ3n) is 5.98. The molecule has 0 saturated heterocycles. The van der Waals surface area contributed by atoms with E-state index in [1.54, 1.807) is 25.3 Å². The van der Waals surface area contributed by atoms with Crippen molar-refractivity contribution >= 4 is 22.5 Å². The zero-order valence-corrected chi connectivity index (χ0v) is 18.2. The second kappa shape index (κ2) is 7.58. The molecule has 4 N–H and O–H groups in total. The average molecular weight is 453 g/mol. The lowest BCUT2D eigenvalue weighted by molar-refractivity contribution is 0.409. The molecular weight excluding hydrogens is 432 g/mol. The summed E-state index contributed by atoms with van der Waals surface area (Å²) in [6.07, 6.45) is 0.741. The molecule has 3 heterocycles. The van der Waals surface area contributed by atoms with Crippen LogP contribution in [-0.2, 0) is 6.42 Å². The summed E-state index contributed by atoms with van der Waals surface area (Å²) in [6, 6.07) is 10.1. The number of rotatable bonds is 3. The van der Waals surface area contributed by atoms with Gasteiger partial charge in [-0.3, -0.25) is 9.78 Å². The summed E-state index contributed by atoms with van der Waals surface area (Å²) in [4.78, 5) is 31.2. The first-order valence-electron chi connectivity index (χ1n) is 10.2. The Morgan fingerprint density at radius 1 is 1.16 bits per heavy atom. The molecule has 0 amide bonds. The van der Waals surface area contributed by atoms with Crippen molar-refractivity contribution in [3.8, 4) is 17.3 Å². The molecule has 0 aliphatic carbocycles. The molecule has 2 aromatic heterocycles. The fourth-order valence-electron chi connectivity index (χ4n) is 4.34. The van der Waals surface area contributed by atoms with Crippen molar-refractivity contribution < 1.29 is 9.84 Å². The Kier molecular flexibility index (Phi) is 4.83. The van der Waals surface area contributed by atoms with Crippen LogP contribution in [0.4, 0.5) is 0 Å². The van der Waals surface area contributed by atoms with Crippen LogP contribution in [-0.4, -0.2) is 33.3 Å². The van der Waals surface area contributed by atoms with E-state index in [1.165, 1.54) is 0 Å². The molecule has 1 aliphatic rings. The third-order valence-corrected chi connectivity index (χ3v) is 6.39. The Hall–Kier alpha value is -3.49. The minimum atomic E-state index is -0.742. The Morgan fingerprint density at radius 2 is 1.97 bits per heavy atom. The lowest BCUT2D eigenvalue weighted by atomic mass is 9.95. The molecule has 32 heavy (non-hydrogen) atoms. The van der Waals surface area contributed by atoms with Gasteiger partial charge in [-0.05, 0) is 54.8 Å². The molecule has 4 aromatic rings. The number of benzene rings is 2. The maximum Gasteiger partial charge on any atom is 0.335 e. The molecule has 8 nitrogen and oxygen atoms in total. The van der Waals surface area contributed by atoms with Gasteiger partial charge in [-0.1, -0.05) is 17.7 Å². The van der Waals surface area contributed by atoms with Gasteiger partial charge in [0, 0.05) is 28.2 Å². The number of aryl methyl sites for hydroxylation is 1. The van der Waals surface area contributed by atoms with Gasteiger partial charge in [0.25, 0.3) is 5.56 Å². The molecule has 164 valence electrons. The summed E-state index contributed by atoms with van der Waals surface area (Å²) in [5.41, 5.74) is 2.57. The number of halogens is 1. The zero-order valence-electron chi connectivity index (χ0n) is 17.5. The first kappa shape index (κ1) is 20.4. The van der Waals surface area contributed by atoms with E-state index in [0.29, 0.717) is 17.3 Å². The predicted octanol–water partition coefficient (Wildman–Crippen LogP) is 2.92. The molecule has 2 aromatic carbocycles. The van der Waals surface area contributed by atoms with Crippen molar-refractivity contribution in [1.29, 1.82) is 0 Å². The van der Waals surface area contributed by atoms with Crippen molar-refractivity contribution in [3.63, 3.8) is 0 Å². The number of aromatic hydroxyl groups is 1. The van der Waals surface area contributed by atoms with Crippen molar-refractivity contribution in [2.75, 3.05) is 13.7 Å². The number of fused-ring (bicyclic) bond motifs is 3. The van der Waals surface area contributed by atoms with Crippen molar-refractivity contribution in [1.82, 2.24) is 19.9 Å². The number of nitrogens with one attached hydrogen (secondary N) is 3. The van der Waals surface area contributed by atoms with Gasteiger partial charge >= 0.3 is 5.69 Å². The molecular formula is C23H21ClN4O4. The highest BCUT2D eigenvalue weighted by Crippen LogP contribution is 2.36. The standard InChI is InChI=1S/C23H21ClN4O4/c1-11-3-4-12(9-16(11)24)28-22(30)18(21(29)27-23(28)31)20-19-14(7-8-25-20)15-10-13(32-2)5-6-17(15)26-19/h3-6,9-10,20,25-26,30H,7-8H2,1-2H3,(H,27,29,31). The number of methoxy groups -OCH3 is 1. The Bertz CT molecular complexity index is 1480. The fourth-order valence-corrected chi connectivity index (χ4v) is 4.51. The Labute approximate surface area is 187 Å². The predicted molar refractivity (Wildman–Crippen MR) is 122 cm³/mol. The fraction of sp³-hybridized carbons (Fsp3) is 0.217. The third kappa shape index (κ3) is 3.11. The van der Waals surface area contributed by atoms with Crippen molar-refractivity contribution in [3.05, 3.63) is 84.6 Å². The summed E-state index contributed by atoms with van der Waals surface area (Å²) in [5, 5.41) is 15.9. The first-order valence-corrected chi connectivity index (χ1v) is 10.5. The lowest BCUT2D eigenvalue weighted by Crippen LogP contribution is -2.38. The SMILES string of the molecule is COc1ccc2[nH]c3c(c2c1)CCNC3c1c(O)n(-c2ccc(C)c(Cl)c2)c(=O)[nH]c1=O. The number of aromatic nitrogens is 3. The largest absolute Gasteiger partial charge is 0.497 e. The van der Waals surface area contributed by atoms with Gasteiger partial charge in [0.15, 0.2) is 0 Å². The molecule has 5 rings (SSSR count). The summed E-state index contributed by atoms with van der Waals surface area (Å²) in [7, 11) is 1.61. The highest BCUT2D eigenvalue weighted by atomic mass is 35.5. The smallest absolute Gasteiger partial charge is 0.335 e. The Balaban J connectivity index is 1.72. The molecule has 0 radical (unpaired) electrons. The molecule has 1 unspecified atom stereocenters. The lowest BCUT2D eigenvalue weighted by Gasteiger charge is -2.25. The number of hydrogen-bond donors (Lipinski definition) is 4. The molecule has 1 aliphatic heterocycles. The van der Waals surface area contributed by atoms with Gasteiger partial charge in [0.1, 0.15) is 11.3 Å². The van der Waals surface area contributed by atoms with E-state index in [2.05, 4.69) is 15.3 Å². The average Bonchev–Trinajstić information content (AvgIpc) is 3.14. The minimum absolute atomic E-state index is 0.0563. The van der Waals surface area contributed by atoms with Gasteiger partial charge < -0.3 is 20.1 Å². The molecule has 0 fully saturated rings. The molecule has 0 spiro atoms. The number of hydrogen-bond acceptors (Lipinski definition) is 5. The van der Waals surface area contributed by atoms with E-state index in [0.717, 1.165) is 44.5 Å². The van der Waals surface area contributed by atoms with Gasteiger partial charge in [-0.15, -0.1) is 0 Å². The second-order valence-corrected chi connectivity index (χ2v) is 8.24. The van der Waals surface area contributed by atoms with Crippen LogP contribution in [0, 0.1) is 6.92 Å². The summed E-state index contributed by atoms with van der Waals surface area (Å²) in [6.45, 7) is 2.43. The van der Waals surface area contributed by atoms with E-state index in [-0.39, 0.29) is 5.56 Å². The summed E-state index contributed by atoms with van der Waals surface area (Å²) in [5.74, 6) is 0.306. The van der Waals surface area contributed by atoms with E-state index in [1.807, 2.05) is 25.1 Å². The van der Waals surface area contributed by atoms with E-state index >= 15 is 0 Å². The van der Waals surface area contributed by atoms with Crippen LogP contribution in [0.15, 0.2) is 46.0 Å². The zero-order chi connectivity index (χ0) is 22.6. The summed E-state index contributed by atoms with van der Waals surface area (Å²) >= 11 is 6.23. The van der Waals surface area contributed by atoms with Crippen LogP contribution in [0.1, 0.15) is 28.4 Å². The monoisotopic (exact) mass is 452 g/mol. The maximum absolute atomic E-state index is 12.9.